The van der Waals surface area contributed by atoms with Crippen molar-refractivity contribution in [3.63, 3.8) is 0 Å². The molecule has 1 aromatic heterocycles. The summed E-state index contributed by atoms with van der Waals surface area (Å²) in [5.74, 6) is 0. The van der Waals surface area contributed by atoms with Crippen LogP contribution in [0.15, 0.2) is 54.0 Å². The number of hydrogen-bond donors (Lipinski definition) is 2. The molecule has 0 bridgehead atoms. The quantitative estimate of drug-likeness (QED) is 0.802. The summed E-state index contributed by atoms with van der Waals surface area (Å²) in [6, 6.07) is 9.50. The van der Waals surface area contributed by atoms with E-state index in [1.807, 2.05) is 30.3 Å². The first-order valence-electron chi connectivity index (χ1n) is 6.54. The number of halogens is 1. The van der Waals surface area contributed by atoms with Gasteiger partial charge in [0.1, 0.15) is 5.02 Å². The van der Waals surface area contributed by atoms with E-state index < -0.39 is 0 Å². The highest BCUT2D eigenvalue weighted by molar-refractivity contribution is 6.32. The molecule has 0 amide bonds. The fraction of sp³-hybridized carbons (Fsp3) is 0.200. The van der Waals surface area contributed by atoms with Crippen molar-refractivity contribution in [3.05, 3.63) is 70.1 Å². The Hall–Kier alpha value is -2.11. The minimum absolute atomic E-state index is 0.104. The van der Waals surface area contributed by atoms with E-state index in [0.717, 1.165) is 5.56 Å². The number of rotatable bonds is 6. The summed E-state index contributed by atoms with van der Waals surface area (Å²) in [6.07, 6.45) is 3.11. The molecule has 1 unspecified atom stereocenters. The lowest BCUT2D eigenvalue weighted by Crippen LogP contribution is -2.25. The molecule has 1 heterocycles. The highest BCUT2D eigenvalue weighted by Crippen LogP contribution is 2.17. The Morgan fingerprint density at radius 3 is 2.81 bits per heavy atom. The van der Waals surface area contributed by atoms with Crippen molar-refractivity contribution in [2.45, 2.75) is 12.6 Å². The summed E-state index contributed by atoms with van der Waals surface area (Å²) in [7, 11) is 0. The highest BCUT2D eigenvalue weighted by atomic mass is 35.5. The second kappa shape index (κ2) is 7.06. The summed E-state index contributed by atoms with van der Waals surface area (Å²) < 4.78 is 1.25. The largest absolute Gasteiger partial charge is 0.380 e. The number of allylic oxidation sites excluding steroid dienone is 1. The highest BCUT2D eigenvalue weighted by Gasteiger charge is 2.10. The van der Waals surface area contributed by atoms with Gasteiger partial charge in [-0.05, 0) is 5.56 Å². The smallest absolute Gasteiger partial charge is 0.287 e. The van der Waals surface area contributed by atoms with E-state index in [0.29, 0.717) is 18.8 Å². The van der Waals surface area contributed by atoms with E-state index in [1.165, 1.54) is 10.9 Å². The summed E-state index contributed by atoms with van der Waals surface area (Å²) in [4.78, 5) is 11.9. The fourth-order valence-electron chi connectivity index (χ4n) is 1.88. The van der Waals surface area contributed by atoms with Crippen LogP contribution in [-0.2, 0) is 6.54 Å². The summed E-state index contributed by atoms with van der Waals surface area (Å²) in [5, 5.41) is 7.19. The van der Waals surface area contributed by atoms with Crippen LogP contribution < -0.4 is 16.6 Å². The van der Waals surface area contributed by atoms with Crippen molar-refractivity contribution in [2.24, 2.45) is 5.73 Å². The first-order valence-corrected chi connectivity index (χ1v) is 6.92. The van der Waals surface area contributed by atoms with Crippen LogP contribution in [0.3, 0.4) is 0 Å². The molecule has 0 aliphatic carbocycles. The molecule has 1 atom stereocenters. The molecule has 0 radical (unpaired) electrons. The zero-order valence-electron chi connectivity index (χ0n) is 11.5. The second-order valence-corrected chi connectivity index (χ2v) is 4.92. The lowest BCUT2D eigenvalue weighted by molar-refractivity contribution is 0.652. The Kier molecular flexibility index (Phi) is 5.14. The molecule has 0 fully saturated rings. The van der Waals surface area contributed by atoms with Crippen LogP contribution in [0, 0.1) is 0 Å². The van der Waals surface area contributed by atoms with E-state index in [9.17, 15) is 4.79 Å². The zero-order valence-corrected chi connectivity index (χ0v) is 12.3. The SMILES string of the molecule is C=CCn1ncc(NCC(N)c2ccccc2)c(Cl)c1=O. The molecule has 1 aromatic carbocycles. The van der Waals surface area contributed by atoms with E-state index in [-0.39, 0.29) is 16.6 Å². The maximum Gasteiger partial charge on any atom is 0.287 e. The molecule has 5 nitrogen and oxygen atoms in total. The summed E-state index contributed by atoms with van der Waals surface area (Å²) >= 11 is 6.05. The predicted molar refractivity (Wildman–Crippen MR) is 85.6 cm³/mol. The van der Waals surface area contributed by atoms with Gasteiger partial charge in [-0.15, -0.1) is 6.58 Å². The third kappa shape index (κ3) is 3.71. The Morgan fingerprint density at radius 2 is 2.14 bits per heavy atom. The van der Waals surface area contributed by atoms with Gasteiger partial charge in [-0.1, -0.05) is 48.0 Å². The Labute approximate surface area is 128 Å². The van der Waals surface area contributed by atoms with Crippen LogP contribution in [0.1, 0.15) is 11.6 Å². The lowest BCUT2D eigenvalue weighted by Gasteiger charge is -2.15. The summed E-state index contributed by atoms with van der Waals surface area (Å²) in [6.45, 7) is 4.34. The van der Waals surface area contributed by atoms with E-state index >= 15 is 0 Å². The molecule has 0 saturated heterocycles. The normalized spacial score (nSPS) is 11.9. The maximum atomic E-state index is 11.9. The first-order chi connectivity index (χ1) is 10.1. The number of hydrogen-bond acceptors (Lipinski definition) is 4. The van der Waals surface area contributed by atoms with Gasteiger partial charge in [-0.2, -0.15) is 5.10 Å². The van der Waals surface area contributed by atoms with E-state index in [2.05, 4.69) is 17.0 Å². The maximum absolute atomic E-state index is 11.9. The fourth-order valence-corrected chi connectivity index (χ4v) is 2.09. The number of nitrogens with zero attached hydrogens (tertiary/aromatic N) is 2. The van der Waals surface area contributed by atoms with Crippen LogP contribution in [0.5, 0.6) is 0 Å². The third-order valence-corrected chi connectivity index (χ3v) is 3.39. The molecule has 0 spiro atoms. The second-order valence-electron chi connectivity index (χ2n) is 4.55. The minimum atomic E-state index is -0.352. The van der Waals surface area contributed by atoms with Crippen LogP contribution >= 0.6 is 11.6 Å². The molecule has 0 saturated carbocycles. The number of nitrogens with two attached hydrogens (primary N) is 1. The van der Waals surface area contributed by atoms with Crippen LogP contribution in [0.4, 0.5) is 5.69 Å². The monoisotopic (exact) mass is 304 g/mol. The molecule has 0 aliphatic rings. The van der Waals surface area contributed by atoms with Crippen LogP contribution in [0.25, 0.3) is 0 Å². The molecular formula is C15H17ClN4O. The van der Waals surface area contributed by atoms with Gasteiger partial charge in [0.25, 0.3) is 5.56 Å². The molecule has 0 aliphatic heterocycles. The minimum Gasteiger partial charge on any atom is -0.380 e. The van der Waals surface area contributed by atoms with Gasteiger partial charge in [0, 0.05) is 12.6 Å². The Bertz CT molecular complexity index is 669. The standard InChI is InChI=1S/C15H17ClN4O/c1-2-8-20-15(21)14(16)13(10-19-20)18-9-12(17)11-6-4-3-5-7-11/h2-7,10,12,18H,1,8-9,17H2. The number of benzene rings is 1. The average molecular weight is 305 g/mol. The third-order valence-electron chi connectivity index (χ3n) is 3.03. The topological polar surface area (TPSA) is 72.9 Å². The molecule has 21 heavy (non-hydrogen) atoms. The molecule has 3 N–H and O–H groups in total. The molecular weight excluding hydrogens is 288 g/mol. The van der Waals surface area contributed by atoms with Crippen molar-refractivity contribution < 1.29 is 0 Å². The van der Waals surface area contributed by atoms with Gasteiger partial charge in [0.2, 0.25) is 0 Å². The number of nitrogens with one attached hydrogen (secondary N) is 1. The van der Waals surface area contributed by atoms with Crippen molar-refractivity contribution >= 4 is 17.3 Å². The van der Waals surface area contributed by atoms with Crippen molar-refractivity contribution in [3.8, 4) is 0 Å². The number of anilines is 1. The zero-order chi connectivity index (χ0) is 15.2. The summed E-state index contributed by atoms with van der Waals surface area (Å²) in [5.41, 5.74) is 7.22. The Morgan fingerprint density at radius 1 is 1.43 bits per heavy atom. The van der Waals surface area contributed by atoms with Gasteiger partial charge in [-0.3, -0.25) is 4.79 Å². The molecule has 2 rings (SSSR count). The van der Waals surface area contributed by atoms with Gasteiger partial charge < -0.3 is 11.1 Å². The van der Waals surface area contributed by atoms with Gasteiger partial charge in [0.05, 0.1) is 18.4 Å². The van der Waals surface area contributed by atoms with E-state index in [4.69, 9.17) is 17.3 Å². The van der Waals surface area contributed by atoms with Gasteiger partial charge in [0.15, 0.2) is 0 Å². The first kappa shape index (κ1) is 15.3. The molecule has 2 aromatic rings. The molecule has 6 heteroatoms. The van der Waals surface area contributed by atoms with Crippen LogP contribution in [-0.4, -0.2) is 16.3 Å². The van der Waals surface area contributed by atoms with Gasteiger partial charge in [-0.25, -0.2) is 4.68 Å². The van der Waals surface area contributed by atoms with Crippen molar-refractivity contribution in [1.29, 1.82) is 0 Å². The van der Waals surface area contributed by atoms with Crippen molar-refractivity contribution in [2.75, 3.05) is 11.9 Å². The number of aromatic nitrogens is 2. The van der Waals surface area contributed by atoms with Crippen molar-refractivity contribution in [1.82, 2.24) is 9.78 Å². The van der Waals surface area contributed by atoms with Gasteiger partial charge >= 0.3 is 0 Å². The Balaban J connectivity index is 2.09. The average Bonchev–Trinajstić information content (AvgIpc) is 2.52. The lowest BCUT2D eigenvalue weighted by atomic mass is 10.1. The van der Waals surface area contributed by atoms with Crippen LogP contribution in [0.2, 0.25) is 5.02 Å². The predicted octanol–water partition coefficient (Wildman–Crippen LogP) is 2.19. The molecule has 110 valence electrons. The van der Waals surface area contributed by atoms with E-state index in [1.54, 1.807) is 6.08 Å².